The normalized spacial score (nSPS) is 13.7. The highest BCUT2D eigenvalue weighted by atomic mass is 19.1. The highest BCUT2D eigenvalue weighted by molar-refractivity contribution is 5.96. The second kappa shape index (κ2) is 7.99. The van der Waals surface area contributed by atoms with Gasteiger partial charge in [0.15, 0.2) is 0 Å². The molecule has 0 atom stereocenters. The minimum Gasteiger partial charge on any atom is -0.478 e. The van der Waals surface area contributed by atoms with Crippen molar-refractivity contribution in [2.24, 2.45) is 0 Å². The molecule has 2 amide bonds. The van der Waals surface area contributed by atoms with Crippen molar-refractivity contribution in [2.75, 3.05) is 16.8 Å². The van der Waals surface area contributed by atoms with Crippen molar-refractivity contribution >= 4 is 29.2 Å². The van der Waals surface area contributed by atoms with Crippen molar-refractivity contribution in [3.63, 3.8) is 0 Å². The van der Waals surface area contributed by atoms with Crippen LogP contribution in [0.3, 0.4) is 0 Å². The van der Waals surface area contributed by atoms with Crippen molar-refractivity contribution in [1.82, 2.24) is 0 Å². The molecule has 1 saturated heterocycles. The number of carboxylic acid groups (broad SMARTS) is 1. The van der Waals surface area contributed by atoms with Crippen LogP contribution < -0.4 is 10.2 Å². The van der Waals surface area contributed by atoms with Gasteiger partial charge in [0, 0.05) is 25.1 Å². The van der Waals surface area contributed by atoms with Crippen molar-refractivity contribution in [2.45, 2.75) is 25.7 Å². The number of nitrogens with zero attached hydrogens (tertiary/aromatic N) is 1. The van der Waals surface area contributed by atoms with E-state index >= 15 is 0 Å². The van der Waals surface area contributed by atoms with E-state index in [0.29, 0.717) is 31.5 Å². The summed E-state index contributed by atoms with van der Waals surface area (Å²) >= 11 is 0. The van der Waals surface area contributed by atoms with Gasteiger partial charge in [0.05, 0.1) is 11.3 Å². The molecule has 0 saturated carbocycles. The minimum absolute atomic E-state index is 0.0976. The average molecular weight is 370 g/mol. The third kappa shape index (κ3) is 4.49. The molecule has 1 heterocycles. The van der Waals surface area contributed by atoms with Gasteiger partial charge in [0.1, 0.15) is 5.82 Å². The van der Waals surface area contributed by atoms with E-state index < -0.39 is 11.8 Å². The van der Waals surface area contributed by atoms with Crippen LogP contribution in [0, 0.1) is 5.82 Å². The molecule has 140 valence electrons. The summed E-state index contributed by atoms with van der Waals surface area (Å²) in [4.78, 5) is 36.0. The number of aryl methyl sites for hydroxylation is 1. The monoisotopic (exact) mass is 370 g/mol. The van der Waals surface area contributed by atoms with Crippen LogP contribution in [-0.4, -0.2) is 29.4 Å². The predicted octanol–water partition coefficient (Wildman–Crippen LogP) is 3.22. The number of aromatic carboxylic acids is 1. The molecule has 0 bridgehead atoms. The second-order valence-corrected chi connectivity index (χ2v) is 6.37. The fourth-order valence-corrected chi connectivity index (χ4v) is 3.00. The van der Waals surface area contributed by atoms with Gasteiger partial charge in [-0.3, -0.25) is 9.59 Å². The van der Waals surface area contributed by atoms with Gasteiger partial charge in [-0.25, -0.2) is 9.18 Å². The van der Waals surface area contributed by atoms with Crippen molar-refractivity contribution in [1.29, 1.82) is 0 Å². The molecule has 2 N–H and O–H groups in total. The number of anilines is 2. The van der Waals surface area contributed by atoms with E-state index in [1.807, 2.05) is 0 Å². The first-order chi connectivity index (χ1) is 12.9. The van der Waals surface area contributed by atoms with Crippen LogP contribution >= 0.6 is 0 Å². The van der Waals surface area contributed by atoms with Gasteiger partial charge in [-0.15, -0.1) is 0 Å². The number of rotatable bonds is 6. The van der Waals surface area contributed by atoms with E-state index in [9.17, 15) is 18.8 Å². The Bertz CT molecular complexity index is 880. The summed E-state index contributed by atoms with van der Waals surface area (Å²) in [6.07, 6.45) is 1.75. The third-order valence-corrected chi connectivity index (χ3v) is 4.44. The first kappa shape index (κ1) is 18.6. The van der Waals surface area contributed by atoms with Crippen molar-refractivity contribution < 1.29 is 23.9 Å². The Kier molecular flexibility index (Phi) is 5.49. The summed E-state index contributed by atoms with van der Waals surface area (Å²) in [5.74, 6) is -1.92. The lowest BCUT2D eigenvalue weighted by Crippen LogP contribution is -2.24. The first-order valence-electron chi connectivity index (χ1n) is 8.66. The summed E-state index contributed by atoms with van der Waals surface area (Å²) in [5.41, 5.74) is 1.59. The largest absolute Gasteiger partial charge is 0.478 e. The molecule has 0 radical (unpaired) electrons. The maximum Gasteiger partial charge on any atom is 0.335 e. The Morgan fingerprint density at radius 1 is 1.15 bits per heavy atom. The van der Waals surface area contributed by atoms with Gasteiger partial charge in [0.2, 0.25) is 11.8 Å². The summed E-state index contributed by atoms with van der Waals surface area (Å²) in [5, 5.41) is 11.5. The number of carbonyl (C=O) groups is 3. The molecule has 1 aliphatic rings. The third-order valence-electron chi connectivity index (χ3n) is 4.44. The Morgan fingerprint density at radius 3 is 2.48 bits per heavy atom. The van der Waals surface area contributed by atoms with Crippen LogP contribution in [0.15, 0.2) is 42.5 Å². The molecule has 2 aromatic carbocycles. The number of carbonyl (C=O) groups excluding carboxylic acids is 2. The molecule has 6 nitrogen and oxygen atoms in total. The molecule has 1 aliphatic heterocycles. The molecule has 0 aliphatic carbocycles. The lowest BCUT2D eigenvalue weighted by Gasteiger charge is -2.17. The molecule has 27 heavy (non-hydrogen) atoms. The first-order valence-corrected chi connectivity index (χ1v) is 8.66. The minimum atomic E-state index is -1.000. The topological polar surface area (TPSA) is 86.7 Å². The van der Waals surface area contributed by atoms with E-state index in [-0.39, 0.29) is 29.5 Å². The second-order valence-electron chi connectivity index (χ2n) is 6.37. The van der Waals surface area contributed by atoms with Crippen molar-refractivity contribution in [3.8, 4) is 0 Å². The highest BCUT2D eigenvalue weighted by Gasteiger charge is 2.24. The van der Waals surface area contributed by atoms with Crippen LogP contribution in [-0.2, 0) is 16.0 Å². The molecule has 0 spiro atoms. The summed E-state index contributed by atoms with van der Waals surface area (Å²) in [6.45, 7) is 0.502. The number of carboxylic acids is 1. The molecule has 1 fully saturated rings. The lowest BCUT2D eigenvalue weighted by atomic mass is 10.1. The van der Waals surface area contributed by atoms with Crippen LogP contribution in [0.2, 0.25) is 0 Å². The maximum atomic E-state index is 14.3. The Balaban J connectivity index is 1.56. The number of benzene rings is 2. The van der Waals surface area contributed by atoms with Gasteiger partial charge in [-0.05, 0) is 48.7 Å². The average Bonchev–Trinajstić information content (AvgIpc) is 3.06. The number of hydrogen-bond acceptors (Lipinski definition) is 3. The number of hydrogen-bond donors (Lipinski definition) is 2. The standard InChI is InChI=1S/C20H19FN2O4/c21-16-12-15(8-9-17(16)23-11-1-2-19(23)25)22-18(24)10-5-13-3-6-14(7-4-13)20(26)27/h3-4,6-9,12H,1-2,5,10-11H2,(H,22,24)(H,26,27). The lowest BCUT2D eigenvalue weighted by molar-refractivity contribution is -0.117. The van der Waals surface area contributed by atoms with Gasteiger partial charge in [-0.2, -0.15) is 0 Å². The highest BCUT2D eigenvalue weighted by Crippen LogP contribution is 2.26. The van der Waals surface area contributed by atoms with E-state index in [4.69, 9.17) is 5.11 Å². The molecular weight excluding hydrogens is 351 g/mol. The van der Waals surface area contributed by atoms with Gasteiger partial charge < -0.3 is 15.3 Å². The van der Waals surface area contributed by atoms with E-state index in [1.54, 1.807) is 18.2 Å². The molecule has 0 unspecified atom stereocenters. The number of nitrogens with one attached hydrogen (secondary N) is 1. The summed E-state index contributed by atoms with van der Waals surface area (Å²) < 4.78 is 14.3. The van der Waals surface area contributed by atoms with Gasteiger partial charge in [-0.1, -0.05) is 12.1 Å². The zero-order valence-electron chi connectivity index (χ0n) is 14.6. The van der Waals surface area contributed by atoms with E-state index in [0.717, 1.165) is 5.56 Å². The van der Waals surface area contributed by atoms with Gasteiger partial charge >= 0.3 is 5.97 Å². The fourth-order valence-electron chi connectivity index (χ4n) is 3.00. The van der Waals surface area contributed by atoms with Crippen LogP contribution in [0.25, 0.3) is 0 Å². The van der Waals surface area contributed by atoms with E-state index in [1.165, 1.54) is 29.2 Å². The maximum absolute atomic E-state index is 14.3. The Labute approximate surface area is 155 Å². The molecule has 7 heteroatoms. The van der Waals surface area contributed by atoms with Crippen LogP contribution in [0.1, 0.15) is 35.2 Å². The number of amides is 2. The van der Waals surface area contributed by atoms with Gasteiger partial charge in [0.25, 0.3) is 0 Å². The predicted molar refractivity (Wildman–Crippen MR) is 98.3 cm³/mol. The number of halogens is 1. The zero-order chi connectivity index (χ0) is 19.4. The quantitative estimate of drug-likeness (QED) is 0.817. The summed E-state index contributed by atoms with van der Waals surface area (Å²) in [7, 11) is 0. The SMILES string of the molecule is O=C(CCc1ccc(C(=O)O)cc1)Nc1ccc(N2CCCC2=O)c(F)c1. The fraction of sp³-hybridized carbons (Fsp3) is 0.250. The van der Waals surface area contributed by atoms with Crippen molar-refractivity contribution in [3.05, 3.63) is 59.4 Å². The van der Waals surface area contributed by atoms with Crippen LogP contribution in [0.5, 0.6) is 0 Å². The molecule has 3 rings (SSSR count). The van der Waals surface area contributed by atoms with Crippen LogP contribution in [0.4, 0.5) is 15.8 Å². The smallest absolute Gasteiger partial charge is 0.335 e. The molecular formula is C20H19FN2O4. The molecule has 0 aromatic heterocycles. The molecule has 2 aromatic rings. The Morgan fingerprint density at radius 2 is 1.89 bits per heavy atom. The van der Waals surface area contributed by atoms with E-state index in [2.05, 4.69) is 5.32 Å². The Hall–Kier alpha value is -3.22. The zero-order valence-corrected chi connectivity index (χ0v) is 14.6. The summed E-state index contributed by atoms with van der Waals surface area (Å²) in [6, 6.07) is 10.6.